The molecule has 0 bridgehead atoms. The highest BCUT2D eigenvalue weighted by Crippen LogP contribution is 2.29. The summed E-state index contributed by atoms with van der Waals surface area (Å²) in [6.45, 7) is 1.74. The van der Waals surface area contributed by atoms with E-state index >= 15 is 0 Å². The number of nitrogens with zero attached hydrogens (tertiary/aromatic N) is 3. The molecule has 2 amide bonds. The molecule has 1 aliphatic carbocycles. The molecular formula is C20H30N4O4. The molecule has 1 aromatic rings. The monoisotopic (exact) mass is 390 g/mol. The Kier molecular flexibility index (Phi) is 6.39. The van der Waals surface area contributed by atoms with Crippen LogP contribution in [0.5, 0.6) is 0 Å². The van der Waals surface area contributed by atoms with Gasteiger partial charge in [-0.15, -0.1) is 0 Å². The highest BCUT2D eigenvalue weighted by Gasteiger charge is 2.30. The summed E-state index contributed by atoms with van der Waals surface area (Å²) in [5.41, 5.74) is 0.788. The summed E-state index contributed by atoms with van der Waals surface area (Å²) in [5, 5.41) is 13.7. The molecule has 8 heteroatoms. The number of likely N-dealkylation sites (tertiary alicyclic amines) is 1. The van der Waals surface area contributed by atoms with Crippen molar-refractivity contribution in [1.29, 1.82) is 0 Å². The van der Waals surface area contributed by atoms with Gasteiger partial charge < -0.3 is 19.9 Å². The molecule has 2 heterocycles. The molecule has 1 fully saturated rings. The maximum atomic E-state index is 12.3. The van der Waals surface area contributed by atoms with Gasteiger partial charge in [0.2, 0.25) is 0 Å². The van der Waals surface area contributed by atoms with Crippen molar-refractivity contribution in [2.75, 3.05) is 19.6 Å². The van der Waals surface area contributed by atoms with Crippen LogP contribution >= 0.6 is 0 Å². The molecule has 28 heavy (non-hydrogen) atoms. The quantitative estimate of drug-likeness (QED) is 0.734. The van der Waals surface area contributed by atoms with Gasteiger partial charge >= 0.3 is 11.7 Å². The number of aryl methyl sites for hydroxylation is 1. The van der Waals surface area contributed by atoms with Gasteiger partial charge in [-0.05, 0) is 44.4 Å². The molecule has 3 rings (SSSR count). The van der Waals surface area contributed by atoms with Crippen molar-refractivity contribution in [2.24, 2.45) is 20.0 Å². The Labute approximate surface area is 164 Å². The van der Waals surface area contributed by atoms with Crippen molar-refractivity contribution in [3.8, 4) is 0 Å². The maximum Gasteiger partial charge on any atom is 0.330 e. The van der Waals surface area contributed by atoms with Crippen molar-refractivity contribution in [3.05, 3.63) is 44.2 Å². The Hall–Kier alpha value is -2.35. The molecule has 2 N–H and O–H groups in total. The van der Waals surface area contributed by atoms with E-state index in [0.29, 0.717) is 32.5 Å². The first kappa shape index (κ1) is 20.4. The standard InChI is InChI=1S/C20H30N4O4/c1-22-13-16(18(26)23(2)20(22)28)17(25)15-8-11-24(12-9-15)19(27)21-10-7-14-5-3-4-6-14/h5,13,15,17,25H,3-4,6-12H2,1-2H3,(H,21,27). The smallest absolute Gasteiger partial charge is 0.330 e. The zero-order valence-electron chi connectivity index (χ0n) is 16.7. The van der Waals surface area contributed by atoms with Gasteiger partial charge in [0, 0.05) is 39.9 Å². The molecule has 0 radical (unpaired) electrons. The van der Waals surface area contributed by atoms with E-state index in [2.05, 4.69) is 11.4 Å². The third-order valence-corrected chi connectivity index (χ3v) is 5.92. The largest absolute Gasteiger partial charge is 0.388 e. The topological polar surface area (TPSA) is 96.6 Å². The van der Waals surface area contributed by atoms with E-state index in [1.807, 2.05) is 0 Å². The second-order valence-corrected chi connectivity index (χ2v) is 7.85. The SMILES string of the molecule is Cn1cc(C(O)C2CCN(C(=O)NCCC3=CCCC3)CC2)c(=O)n(C)c1=O. The van der Waals surface area contributed by atoms with Crippen molar-refractivity contribution in [2.45, 2.75) is 44.6 Å². The number of nitrogens with one attached hydrogen (secondary N) is 1. The summed E-state index contributed by atoms with van der Waals surface area (Å²) in [4.78, 5) is 38.3. The van der Waals surface area contributed by atoms with E-state index in [1.54, 1.807) is 11.9 Å². The van der Waals surface area contributed by atoms with E-state index in [1.165, 1.54) is 29.8 Å². The van der Waals surface area contributed by atoms with Gasteiger partial charge in [-0.2, -0.15) is 0 Å². The minimum absolute atomic E-state index is 0.0652. The predicted octanol–water partition coefficient (Wildman–Crippen LogP) is 1.04. The number of rotatable bonds is 5. The summed E-state index contributed by atoms with van der Waals surface area (Å²) >= 11 is 0. The van der Waals surface area contributed by atoms with Crippen LogP contribution in [0.3, 0.4) is 0 Å². The van der Waals surface area contributed by atoms with Crippen LogP contribution in [0.4, 0.5) is 4.79 Å². The Bertz CT molecular complexity index is 862. The van der Waals surface area contributed by atoms with Crippen molar-refractivity contribution in [3.63, 3.8) is 0 Å². The molecule has 1 atom stereocenters. The van der Waals surface area contributed by atoms with Gasteiger partial charge in [0.1, 0.15) is 0 Å². The van der Waals surface area contributed by atoms with E-state index in [9.17, 15) is 19.5 Å². The Morgan fingerprint density at radius 2 is 2.00 bits per heavy atom. The molecule has 2 aliphatic rings. The summed E-state index contributed by atoms with van der Waals surface area (Å²) < 4.78 is 2.32. The highest BCUT2D eigenvalue weighted by molar-refractivity contribution is 5.74. The summed E-state index contributed by atoms with van der Waals surface area (Å²) in [6.07, 6.45) is 8.41. The minimum atomic E-state index is -0.940. The molecule has 1 aliphatic heterocycles. The second-order valence-electron chi connectivity index (χ2n) is 7.85. The van der Waals surface area contributed by atoms with Crippen molar-refractivity contribution < 1.29 is 9.90 Å². The highest BCUT2D eigenvalue weighted by atomic mass is 16.3. The maximum absolute atomic E-state index is 12.3. The minimum Gasteiger partial charge on any atom is -0.388 e. The zero-order chi connectivity index (χ0) is 20.3. The normalized spacial score (nSPS) is 18.8. The van der Waals surface area contributed by atoms with E-state index in [4.69, 9.17) is 0 Å². The Balaban J connectivity index is 1.52. The van der Waals surface area contributed by atoms with Gasteiger partial charge in [-0.25, -0.2) is 9.59 Å². The average molecular weight is 390 g/mol. The zero-order valence-corrected chi connectivity index (χ0v) is 16.7. The fourth-order valence-electron chi connectivity index (χ4n) is 4.12. The lowest BCUT2D eigenvalue weighted by Crippen LogP contribution is -2.46. The lowest BCUT2D eigenvalue weighted by Gasteiger charge is -2.34. The summed E-state index contributed by atoms with van der Waals surface area (Å²) in [5.74, 6) is -0.113. The predicted molar refractivity (Wildman–Crippen MR) is 106 cm³/mol. The van der Waals surface area contributed by atoms with Gasteiger partial charge in [0.25, 0.3) is 5.56 Å². The summed E-state index contributed by atoms with van der Waals surface area (Å²) in [7, 11) is 2.97. The van der Waals surface area contributed by atoms with Crippen LogP contribution in [-0.4, -0.2) is 44.8 Å². The van der Waals surface area contributed by atoms with Crippen LogP contribution in [0.2, 0.25) is 0 Å². The van der Waals surface area contributed by atoms with Crippen LogP contribution in [0, 0.1) is 5.92 Å². The summed E-state index contributed by atoms with van der Waals surface area (Å²) in [6, 6.07) is -0.0652. The molecule has 1 saturated heterocycles. The van der Waals surface area contributed by atoms with Gasteiger partial charge in [0.05, 0.1) is 11.7 Å². The lowest BCUT2D eigenvalue weighted by atomic mass is 9.88. The first-order valence-electron chi connectivity index (χ1n) is 10.0. The molecule has 154 valence electrons. The number of aliphatic hydroxyl groups excluding tert-OH is 1. The van der Waals surface area contributed by atoms with Gasteiger partial charge in [0.15, 0.2) is 0 Å². The number of urea groups is 1. The molecular weight excluding hydrogens is 360 g/mol. The number of piperidine rings is 1. The van der Waals surface area contributed by atoms with Crippen molar-refractivity contribution in [1.82, 2.24) is 19.4 Å². The number of aliphatic hydroxyl groups is 1. The van der Waals surface area contributed by atoms with Crippen LogP contribution in [0.25, 0.3) is 0 Å². The van der Waals surface area contributed by atoms with Crippen molar-refractivity contribution >= 4 is 6.03 Å². The number of amides is 2. The number of hydrogen-bond acceptors (Lipinski definition) is 4. The van der Waals surface area contributed by atoms with Gasteiger partial charge in [-0.3, -0.25) is 9.36 Å². The van der Waals surface area contributed by atoms with Gasteiger partial charge in [-0.1, -0.05) is 11.6 Å². The molecule has 1 unspecified atom stereocenters. The number of aromatic nitrogens is 2. The Morgan fingerprint density at radius 1 is 1.29 bits per heavy atom. The van der Waals surface area contributed by atoms with E-state index in [-0.39, 0.29) is 17.5 Å². The average Bonchev–Trinajstić information content (AvgIpc) is 3.22. The first-order chi connectivity index (χ1) is 13.4. The fourth-order valence-corrected chi connectivity index (χ4v) is 4.12. The third kappa shape index (κ3) is 4.38. The van der Waals surface area contributed by atoms with Crippen LogP contribution in [0.1, 0.15) is 50.2 Å². The van der Waals surface area contributed by atoms with Crippen LogP contribution in [0.15, 0.2) is 27.4 Å². The van der Waals surface area contributed by atoms with E-state index < -0.39 is 17.4 Å². The first-order valence-corrected chi connectivity index (χ1v) is 10.0. The van der Waals surface area contributed by atoms with Crippen LogP contribution < -0.4 is 16.6 Å². The molecule has 0 spiro atoms. The number of carbonyl (C=O) groups excluding carboxylic acids is 1. The number of hydrogen-bond donors (Lipinski definition) is 2. The fraction of sp³-hybridized carbons (Fsp3) is 0.650. The second kappa shape index (κ2) is 8.77. The third-order valence-electron chi connectivity index (χ3n) is 5.92. The number of allylic oxidation sites excluding steroid dienone is 1. The molecule has 0 saturated carbocycles. The molecule has 0 aromatic carbocycles. The molecule has 1 aromatic heterocycles. The van der Waals surface area contributed by atoms with E-state index in [0.717, 1.165) is 23.8 Å². The number of carbonyl (C=O) groups is 1. The Morgan fingerprint density at radius 3 is 2.64 bits per heavy atom. The lowest BCUT2D eigenvalue weighted by molar-refractivity contribution is 0.0646. The van der Waals surface area contributed by atoms with Crippen LogP contribution in [-0.2, 0) is 14.1 Å². The molecule has 8 nitrogen and oxygen atoms in total.